The zero-order chi connectivity index (χ0) is 15.4. The molecule has 0 aliphatic heterocycles. The van der Waals surface area contributed by atoms with Crippen LogP contribution in [-0.4, -0.2) is 34.0 Å². The Balaban J connectivity index is 1.81. The van der Waals surface area contributed by atoms with E-state index in [0.717, 1.165) is 11.8 Å². The highest BCUT2D eigenvalue weighted by atomic mass is 16.4. The maximum atomic E-state index is 13.1. The van der Waals surface area contributed by atoms with Gasteiger partial charge in [-0.3, -0.25) is 9.59 Å². The third-order valence-electron chi connectivity index (χ3n) is 5.88. The van der Waals surface area contributed by atoms with Crippen LogP contribution in [0.3, 0.4) is 0 Å². The van der Waals surface area contributed by atoms with Crippen molar-refractivity contribution in [2.24, 2.45) is 29.6 Å². The minimum Gasteiger partial charge on any atom is -0.480 e. The Morgan fingerprint density at radius 1 is 1.00 bits per heavy atom. The summed E-state index contributed by atoms with van der Waals surface area (Å²) in [6, 6.07) is 0. The molecule has 118 valence electrons. The summed E-state index contributed by atoms with van der Waals surface area (Å²) in [5.41, 5.74) is -0.426. The van der Waals surface area contributed by atoms with Crippen molar-refractivity contribution in [2.45, 2.75) is 58.4 Å². The quantitative estimate of drug-likeness (QED) is 0.870. The maximum absolute atomic E-state index is 13.1. The molecule has 0 heterocycles. The van der Waals surface area contributed by atoms with Gasteiger partial charge >= 0.3 is 5.97 Å². The van der Waals surface area contributed by atoms with Gasteiger partial charge in [0.25, 0.3) is 0 Å². The van der Waals surface area contributed by atoms with E-state index in [1.807, 2.05) is 20.8 Å². The van der Waals surface area contributed by atoms with Crippen LogP contribution in [0.2, 0.25) is 0 Å². The zero-order valence-electron chi connectivity index (χ0n) is 13.3. The molecule has 4 saturated carbocycles. The summed E-state index contributed by atoms with van der Waals surface area (Å²) < 4.78 is 0. The smallest absolute Gasteiger partial charge is 0.323 e. The number of carbonyl (C=O) groups is 2. The van der Waals surface area contributed by atoms with E-state index >= 15 is 0 Å². The molecule has 21 heavy (non-hydrogen) atoms. The number of amides is 1. The van der Waals surface area contributed by atoms with E-state index in [-0.39, 0.29) is 18.4 Å². The topological polar surface area (TPSA) is 57.6 Å². The Labute approximate surface area is 126 Å². The molecule has 1 N–H and O–H groups in total. The number of carbonyl (C=O) groups excluding carboxylic acids is 1. The Bertz CT molecular complexity index is 423. The van der Waals surface area contributed by atoms with Crippen molar-refractivity contribution in [3.63, 3.8) is 0 Å². The van der Waals surface area contributed by atoms with Crippen LogP contribution in [0.25, 0.3) is 0 Å². The Kier molecular flexibility index (Phi) is 3.53. The summed E-state index contributed by atoms with van der Waals surface area (Å²) in [7, 11) is 0. The molecular formula is C17H27NO3. The average Bonchev–Trinajstić information content (AvgIpc) is 2.32. The fourth-order valence-electron chi connectivity index (χ4n) is 5.29. The standard InChI is InChI=1S/C17H27NO3/c1-17(2,3)18(9-14(19)20)16(21)15-12-5-10-4-11(7-12)8-13(15)6-10/h10-13,15H,4-9H2,1-3H3,(H,19,20). The number of hydrogen-bond acceptors (Lipinski definition) is 2. The van der Waals surface area contributed by atoms with Gasteiger partial charge in [0.1, 0.15) is 6.54 Å². The van der Waals surface area contributed by atoms with E-state index in [2.05, 4.69) is 0 Å². The first kappa shape index (κ1) is 14.9. The van der Waals surface area contributed by atoms with Gasteiger partial charge in [0.15, 0.2) is 0 Å². The average molecular weight is 293 g/mol. The van der Waals surface area contributed by atoms with Gasteiger partial charge in [0.2, 0.25) is 5.91 Å². The molecule has 4 rings (SSSR count). The molecule has 0 aromatic heterocycles. The molecular weight excluding hydrogens is 266 g/mol. The maximum Gasteiger partial charge on any atom is 0.323 e. The highest BCUT2D eigenvalue weighted by Crippen LogP contribution is 2.57. The van der Waals surface area contributed by atoms with Gasteiger partial charge in [0, 0.05) is 11.5 Å². The number of aliphatic carboxylic acids is 1. The largest absolute Gasteiger partial charge is 0.480 e. The first-order valence-electron chi connectivity index (χ1n) is 8.29. The van der Waals surface area contributed by atoms with Crippen LogP contribution < -0.4 is 0 Å². The third kappa shape index (κ3) is 2.69. The lowest BCUT2D eigenvalue weighted by Gasteiger charge is -2.55. The van der Waals surface area contributed by atoms with Crippen LogP contribution in [0.5, 0.6) is 0 Å². The Hall–Kier alpha value is -1.06. The summed E-state index contributed by atoms with van der Waals surface area (Å²) >= 11 is 0. The SMILES string of the molecule is CC(C)(C)N(CC(=O)O)C(=O)C1C2CC3CC(C2)CC1C3. The molecule has 0 saturated heterocycles. The number of carboxylic acid groups (broad SMARTS) is 1. The molecule has 1 amide bonds. The van der Waals surface area contributed by atoms with Crippen molar-refractivity contribution in [1.29, 1.82) is 0 Å². The second kappa shape index (κ2) is 4.99. The van der Waals surface area contributed by atoms with Crippen molar-refractivity contribution in [3.05, 3.63) is 0 Å². The van der Waals surface area contributed by atoms with E-state index in [0.29, 0.717) is 11.8 Å². The molecule has 4 bridgehead atoms. The number of nitrogens with zero attached hydrogens (tertiary/aromatic N) is 1. The van der Waals surface area contributed by atoms with Crippen LogP contribution in [0.15, 0.2) is 0 Å². The molecule has 4 nitrogen and oxygen atoms in total. The summed E-state index contributed by atoms with van der Waals surface area (Å²) in [6.45, 7) is 5.63. The highest BCUT2D eigenvalue weighted by molar-refractivity contribution is 5.84. The molecule has 0 spiro atoms. The number of rotatable bonds is 3. The van der Waals surface area contributed by atoms with Gasteiger partial charge in [-0.05, 0) is 76.5 Å². The Morgan fingerprint density at radius 3 is 1.86 bits per heavy atom. The van der Waals surface area contributed by atoms with Crippen molar-refractivity contribution in [2.75, 3.05) is 6.54 Å². The lowest BCUT2D eigenvalue weighted by Crippen LogP contribution is -2.56. The first-order valence-corrected chi connectivity index (χ1v) is 8.29. The van der Waals surface area contributed by atoms with Gasteiger partial charge in [0.05, 0.1) is 0 Å². The van der Waals surface area contributed by atoms with Crippen molar-refractivity contribution >= 4 is 11.9 Å². The summed E-state index contributed by atoms with van der Waals surface area (Å²) in [5.74, 6) is 1.94. The van der Waals surface area contributed by atoms with Gasteiger partial charge in [-0.15, -0.1) is 0 Å². The van der Waals surface area contributed by atoms with Gasteiger partial charge in [-0.1, -0.05) is 0 Å². The summed E-state index contributed by atoms with van der Waals surface area (Å²) in [6.07, 6.45) is 6.12. The highest BCUT2D eigenvalue weighted by Gasteiger charge is 2.52. The molecule has 4 heteroatoms. The third-order valence-corrected chi connectivity index (χ3v) is 5.88. The predicted molar refractivity (Wildman–Crippen MR) is 79.6 cm³/mol. The second-order valence-corrected chi connectivity index (χ2v) is 8.45. The lowest BCUT2D eigenvalue weighted by molar-refractivity contribution is -0.159. The van der Waals surface area contributed by atoms with Crippen molar-refractivity contribution in [1.82, 2.24) is 4.90 Å². The minimum absolute atomic E-state index is 0.0800. The van der Waals surface area contributed by atoms with Crippen LogP contribution in [0, 0.1) is 29.6 Å². The molecule has 0 unspecified atom stereocenters. The van der Waals surface area contributed by atoms with E-state index in [4.69, 9.17) is 5.11 Å². The summed E-state index contributed by atoms with van der Waals surface area (Å²) in [5, 5.41) is 9.15. The molecule has 4 fully saturated rings. The number of carboxylic acids is 1. The molecule has 0 aromatic carbocycles. The molecule has 4 aliphatic rings. The second-order valence-electron chi connectivity index (χ2n) is 8.45. The number of hydrogen-bond donors (Lipinski definition) is 1. The zero-order valence-corrected chi connectivity index (χ0v) is 13.3. The van der Waals surface area contributed by atoms with E-state index in [1.54, 1.807) is 4.90 Å². The minimum atomic E-state index is -0.915. The lowest BCUT2D eigenvalue weighted by atomic mass is 9.51. The fraction of sp³-hybridized carbons (Fsp3) is 0.882. The Morgan fingerprint density at radius 2 is 1.48 bits per heavy atom. The molecule has 0 aromatic rings. The van der Waals surface area contributed by atoms with E-state index in [1.165, 1.54) is 32.1 Å². The van der Waals surface area contributed by atoms with E-state index in [9.17, 15) is 9.59 Å². The van der Waals surface area contributed by atoms with Crippen LogP contribution in [0.1, 0.15) is 52.9 Å². The van der Waals surface area contributed by atoms with Gasteiger partial charge in [-0.2, -0.15) is 0 Å². The van der Waals surface area contributed by atoms with Crippen LogP contribution in [0.4, 0.5) is 0 Å². The molecule has 4 aliphatic carbocycles. The van der Waals surface area contributed by atoms with Gasteiger partial charge in [-0.25, -0.2) is 0 Å². The predicted octanol–water partition coefficient (Wildman–Crippen LogP) is 2.77. The normalized spacial score (nSPS) is 37.6. The first-order chi connectivity index (χ1) is 9.75. The monoisotopic (exact) mass is 293 g/mol. The van der Waals surface area contributed by atoms with Crippen molar-refractivity contribution in [3.8, 4) is 0 Å². The summed E-state index contributed by atoms with van der Waals surface area (Å²) in [4.78, 5) is 25.8. The van der Waals surface area contributed by atoms with Crippen LogP contribution >= 0.6 is 0 Å². The van der Waals surface area contributed by atoms with Crippen LogP contribution in [-0.2, 0) is 9.59 Å². The van der Waals surface area contributed by atoms with Crippen molar-refractivity contribution < 1.29 is 14.7 Å². The molecule has 0 radical (unpaired) electrons. The fourth-order valence-corrected chi connectivity index (χ4v) is 5.29. The van der Waals surface area contributed by atoms with E-state index < -0.39 is 11.5 Å². The van der Waals surface area contributed by atoms with Gasteiger partial charge < -0.3 is 10.0 Å². The molecule has 0 atom stereocenters.